The van der Waals surface area contributed by atoms with Gasteiger partial charge in [0.1, 0.15) is 36.3 Å². The molecule has 0 bridgehead atoms. The molecule has 0 radical (unpaired) electrons. The van der Waals surface area contributed by atoms with Gasteiger partial charge in [0.15, 0.2) is 14.1 Å². The van der Waals surface area contributed by atoms with Crippen molar-refractivity contribution in [2.45, 2.75) is 136 Å². The second-order valence-corrected chi connectivity index (χ2v) is 35.8. The molecule has 0 spiro atoms. The molecule has 5 atom stereocenters. The second kappa shape index (κ2) is 29.9. The summed E-state index contributed by atoms with van der Waals surface area (Å²) in [5.41, 5.74) is 4.49. The number of hydrogen-bond acceptors (Lipinski definition) is 16. The Balaban J connectivity index is 0.727. The van der Waals surface area contributed by atoms with Crippen molar-refractivity contribution in [3.63, 3.8) is 0 Å². The molecule has 3 aromatic carbocycles. The van der Waals surface area contributed by atoms with Gasteiger partial charge in [-0.25, -0.2) is 23.1 Å². The number of carboxylic acids is 1. The number of likely N-dealkylation sites (tertiary alicyclic amines) is 2. The number of ketones is 1. The van der Waals surface area contributed by atoms with Crippen LogP contribution >= 0.6 is 11.3 Å². The van der Waals surface area contributed by atoms with E-state index in [9.17, 15) is 41.9 Å². The van der Waals surface area contributed by atoms with Gasteiger partial charge in [0.25, 0.3) is 0 Å². The van der Waals surface area contributed by atoms with Crippen LogP contribution in [0.4, 0.5) is 24.5 Å². The molecule has 0 unspecified atom stereocenters. The number of H-pyrrole nitrogens is 1. The molecule has 3 aromatic heterocycles. The highest BCUT2D eigenvalue weighted by Crippen LogP contribution is 2.40. The van der Waals surface area contributed by atoms with Crippen molar-refractivity contribution in [1.82, 2.24) is 44.6 Å². The van der Waals surface area contributed by atoms with Gasteiger partial charge >= 0.3 is 22.1 Å². The van der Waals surface area contributed by atoms with Crippen molar-refractivity contribution in [3.05, 3.63) is 119 Å². The van der Waals surface area contributed by atoms with E-state index in [-0.39, 0.29) is 62.0 Å². The van der Waals surface area contributed by atoms with Crippen LogP contribution in [0.2, 0.25) is 18.1 Å². The lowest BCUT2D eigenvalue weighted by Crippen LogP contribution is -2.59. The molecule has 4 fully saturated rings. The first-order chi connectivity index (χ1) is 45.8. The number of aryl methyl sites for hydroxylation is 1. The monoisotopic (exact) mass is 1400 g/mol. The minimum Gasteiger partial charge on any atom is -0.481 e. The lowest BCUT2D eigenvalue weighted by Gasteiger charge is -2.40. The first kappa shape index (κ1) is 72.1. The number of carbonyl (C=O) groups is 6. The van der Waals surface area contributed by atoms with Crippen LogP contribution in [0, 0.1) is 29.9 Å². The normalized spacial score (nSPS) is 19.4. The van der Waals surface area contributed by atoms with E-state index < -0.39 is 120 Å². The number of anilines is 2. The van der Waals surface area contributed by atoms with Crippen molar-refractivity contribution in [2.75, 3.05) is 88.2 Å². The second-order valence-electron chi connectivity index (χ2n) is 28.5. The Labute approximate surface area is 569 Å². The number of nitrogens with zero attached hydrogens (tertiary/aromatic N) is 7. The van der Waals surface area contributed by atoms with Crippen LogP contribution in [0.15, 0.2) is 84.6 Å². The van der Waals surface area contributed by atoms with Crippen molar-refractivity contribution >= 4 is 87.7 Å². The number of aliphatic carboxylic acids is 1. The molecule has 97 heavy (non-hydrogen) atoms. The quantitative estimate of drug-likeness (QED) is 0.0214. The predicted molar refractivity (Wildman–Crippen MR) is 367 cm³/mol. The number of piperazine rings is 1. The number of alkyl halides is 1. The number of nitrogens with one attached hydrogen (secondary N) is 4. The molecule has 0 aliphatic carbocycles. The zero-order chi connectivity index (χ0) is 69.9. The molecule has 5 N–H and O–H groups in total. The maximum absolute atomic E-state index is 15.9. The van der Waals surface area contributed by atoms with E-state index >= 15 is 13.6 Å². The molecule has 7 heterocycles. The summed E-state index contributed by atoms with van der Waals surface area (Å²) in [5.74, 6) is -6.29. The van der Waals surface area contributed by atoms with E-state index in [0.29, 0.717) is 41.2 Å². The Morgan fingerprint density at radius 1 is 0.825 bits per heavy atom. The number of carbonyl (C=O) groups excluding carboxylic acids is 5. The molecule has 22 nitrogen and oxygen atoms in total. The minimum absolute atomic E-state index is 0.0144. The minimum atomic E-state index is -4.39. The SMILES string of the molecule is Cc1ncsc1-c1ccc([C@H](COC(=O)CCC(=O)O)NC(=O)[C@@H]2C[C@@H](O[Si](C)(C)C(C)(C)C)CN2C(=O)[C@@H](NC(=O)CN2CCC(CN3CCN(c4ccc(-c5cnc6[nH]cc(C(=O)c7c(F)ccc(NS(=O)(=O)N8CC[C@@H](F)C8)c7F)c6c5)cc4)CC3)CC2)C(C)(C)C)cc1. The van der Waals surface area contributed by atoms with Gasteiger partial charge in [-0.3, -0.25) is 43.3 Å². The van der Waals surface area contributed by atoms with Crippen LogP contribution < -0.4 is 20.3 Å². The topological polar surface area (TPSA) is 269 Å². The lowest BCUT2D eigenvalue weighted by molar-refractivity contribution is -0.149. The molecule has 3 amide bonds. The molecule has 0 saturated carbocycles. The number of thiazole rings is 1. The summed E-state index contributed by atoms with van der Waals surface area (Å²) in [7, 11) is -6.82. The highest BCUT2D eigenvalue weighted by atomic mass is 32.2. The standard InChI is InChI=1S/C69H88F3N11O11S2Si/c1-42-63(95-41-75-42)46-12-10-45(11-13-46)55(40-93-59(87)21-20-58(85)86)76-66(89)56-33-50(94-97(8,9)69(5,6)7)38-83(56)67(90)64(68(2,3)4)77-57(84)39-79-25-22-43(23-26-79)36-80-28-30-81(31-29-80)49-16-14-44(15-17-49)47-32-51-52(35-74-65(51)73-34-47)62(88)60-53(71)18-19-54(61(60)72)78-96(91,92)82-27-24-48(70)37-82/h10-19,32,34-35,41,43,48,50,55-56,64,78H,20-31,33,36-40H2,1-9H3,(H,73,74)(H,76,89)(H,77,84)(H,85,86)/t48-,50-,55+,56+,64-/m1/s1. The van der Waals surface area contributed by atoms with Crippen LogP contribution in [0.1, 0.15) is 113 Å². The smallest absolute Gasteiger partial charge is 0.306 e. The Hall–Kier alpha value is -7.60. The van der Waals surface area contributed by atoms with E-state index in [1.54, 1.807) is 17.8 Å². The van der Waals surface area contributed by atoms with Gasteiger partial charge < -0.3 is 39.7 Å². The van der Waals surface area contributed by atoms with Gasteiger partial charge in [0.05, 0.1) is 58.9 Å². The molecular formula is C69H88F3N11O11S2Si. The van der Waals surface area contributed by atoms with Gasteiger partial charge in [0, 0.05) is 93.4 Å². The molecule has 4 aliphatic rings. The van der Waals surface area contributed by atoms with E-state index in [0.717, 1.165) is 89.4 Å². The lowest BCUT2D eigenvalue weighted by atomic mass is 9.85. The van der Waals surface area contributed by atoms with Crippen LogP contribution in [0.25, 0.3) is 32.6 Å². The number of ether oxygens (including phenoxy) is 1. The number of amides is 3. The van der Waals surface area contributed by atoms with Crippen LogP contribution in [0.3, 0.4) is 0 Å². The molecule has 4 aliphatic heterocycles. The molecule has 6 aromatic rings. The van der Waals surface area contributed by atoms with E-state index in [1.165, 1.54) is 22.4 Å². The van der Waals surface area contributed by atoms with Gasteiger partial charge in [-0.2, -0.15) is 12.7 Å². The van der Waals surface area contributed by atoms with Crippen molar-refractivity contribution < 1.29 is 64.6 Å². The third kappa shape index (κ3) is 17.3. The number of piperidine rings is 1. The van der Waals surface area contributed by atoms with E-state index in [2.05, 4.69) is 74.2 Å². The maximum atomic E-state index is 15.9. The number of halogens is 3. The number of carboxylic acid groups (broad SMARTS) is 1. The third-order valence-electron chi connectivity index (χ3n) is 19.4. The number of aromatic amines is 1. The van der Waals surface area contributed by atoms with Gasteiger partial charge in [-0.15, -0.1) is 11.3 Å². The van der Waals surface area contributed by atoms with Crippen molar-refractivity contribution in [2.24, 2.45) is 11.3 Å². The number of esters is 1. The Morgan fingerprint density at radius 3 is 2.14 bits per heavy atom. The van der Waals surface area contributed by atoms with Crippen molar-refractivity contribution in [1.29, 1.82) is 0 Å². The highest BCUT2D eigenvalue weighted by molar-refractivity contribution is 7.90. The Morgan fingerprint density at radius 2 is 1.52 bits per heavy atom. The zero-order valence-electron chi connectivity index (χ0n) is 56.4. The third-order valence-corrected chi connectivity index (χ3v) is 26.4. The number of pyridine rings is 1. The fourth-order valence-electron chi connectivity index (χ4n) is 12.8. The largest absolute Gasteiger partial charge is 0.481 e. The maximum Gasteiger partial charge on any atom is 0.306 e. The molecular weight excluding hydrogens is 1310 g/mol. The summed E-state index contributed by atoms with van der Waals surface area (Å²) in [4.78, 5) is 103. The summed E-state index contributed by atoms with van der Waals surface area (Å²) in [6.45, 7) is 23.2. The predicted octanol–water partition coefficient (Wildman–Crippen LogP) is 9.49. The molecule has 10 rings (SSSR count). The Kier molecular flexibility index (Phi) is 22.2. The van der Waals surface area contributed by atoms with E-state index in [4.69, 9.17) is 9.16 Å². The summed E-state index contributed by atoms with van der Waals surface area (Å²) in [6, 6.07) is 15.9. The summed E-state index contributed by atoms with van der Waals surface area (Å²) in [6.07, 6.45) is 2.26. The molecule has 522 valence electrons. The van der Waals surface area contributed by atoms with Gasteiger partial charge in [-0.05, 0) is 116 Å². The Bertz CT molecular complexity index is 3980. The summed E-state index contributed by atoms with van der Waals surface area (Å²) < 4.78 is 86.2. The fraction of sp³-hybridized carbons (Fsp3) is 0.507. The first-order valence-corrected chi connectivity index (χ1v) is 38.2. The molecule has 28 heteroatoms. The number of hydrogen-bond donors (Lipinski definition) is 5. The van der Waals surface area contributed by atoms with Gasteiger partial charge in [-0.1, -0.05) is 77.9 Å². The molecule has 4 saturated heterocycles. The average Bonchev–Trinajstić information content (AvgIpc) is 1.70. The number of rotatable bonds is 24. The fourth-order valence-corrected chi connectivity index (χ4v) is 16.2. The van der Waals surface area contributed by atoms with Crippen LogP contribution in [-0.2, 0) is 43.3 Å². The highest BCUT2D eigenvalue weighted by Gasteiger charge is 2.49. The van der Waals surface area contributed by atoms with Crippen LogP contribution in [0.5, 0.6) is 0 Å². The van der Waals surface area contributed by atoms with E-state index in [1.807, 2.05) is 80.9 Å². The zero-order valence-corrected chi connectivity index (χ0v) is 59.0. The van der Waals surface area contributed by atoms with Crippen LogP contribution in [-0.4, -0.2) is 194 Å². The van der Waals surface area contributed by atoms with Gasteiger partial charge in [0.2, 0.25) is 23.5 Å². The first-order valence-electron chi connectivity index (χ1n) is 33.0. The number of aromatic nitrogens is 3. The van der Waals surface area contributed by atoms with Crippen molar-refractivity contribution in [3.8, 4) is 21.6 Å². The summed E-state index contributed by atoms with van der Waals surface area (Å²) >= 11 is 1.50. The average molecular weight is 1400 g/mol. The number of benzene rings is 3. The number of fused-ring (bicyclic) bond motifs is 1. The summed E-state index contributed by atoms with van der Waals surface area (Å²) in [5, 5.41) is 15.5.